The van der Waals surface area contributed by atoms with E-state index in [-0.39, 0.29) is 18.0 Å². The Morgan fingerprint density at radius 2 is 1.86 bits per heavy atom. The first-order chi connectivity index (χ1) is 17.8. The predicted molar refractivity (Wildman–Crippen MR) is 147 cm³/mol. The van der Waals surface area contributed by atoms with Crippen molar-refractivity contribution in [3.63, 3.8) is 0 Å². The highest BCUT2D eigenvalue weighted by atomic mass is 16.5. The predicted octanol–water partition coefficient (Wildman–Crippen LogP) is 6.00. The number of rotatable bonds is 10. The quantitative estimate of drug-likeness (QED) is 0.158. The standard InChI is InChI=1S/C31H37NO5/c1-21(2)8-9-23-18-24(10-12-27(23)33)28(34)20-26-19-25-11-13-29(22(3)30(25)37-31(26)35)36-17-7-16-32-14-5-4-6-15-32/h8,10-13,18-19,33H,4-7,9,14-17,20H2,1-3H3. The number of benzene rings is 2. The molecule has 6 nitrogen and oxygen atoms in total. The minimum atomic E-state index is -0.519. The monoisotopic (exact) mass is 503 g/mol. The van der Waals surface area contributed by atoms with Gasteiger partial charge in [-0.15, -0.1) is 0 Å². The Balaban J connectivity index is 1.44. The van der Waals surface area contributed by atoms with E-state index in [9.17, 15) is 14.7 Å². The second-order valence-electron chi connectivity index (χ2n) is 10.2. The third kappa shape index (κ3) is 6.89. The zero-order chi connectivity index (χ0) is 26.4. The van der Waals surface area contributed by atoms with Crippen LogP contribution in [0.15, 0.2) is 57.3 Å². The first-order valence-corrected chi connectivity index (χ1v) is 13.2. The molecule has 0 saturated carbocycles. The molecule has 2 heterocycles. The number of carbonyl (C=O) groups is 1. The van der Waals surface area contributed by atoms with Crippen molar-refractivity contribution in [3.05, 3.63) is 80.7 Å². The van der Waals surface area contributed by atoms with Crippen LogP contribution in [-0.2, 0) is 12.8 Å². The Labute approximate surface area is 218 Å². The number of likely N-dealkylation sites (tertiary alicyclic amines) is 1. The fourth-order valence-electron chi connectivity index (χ4n) is 4.79. The smallest absolute Gasteiger partial charge is 0.339 e. The van der Waals surface area contributed by atoms with E-state index in [1.54, 1.807) is 18.2 Å². The van der Waals surface area contributed by atoms with Gasteiger partial charge in [-0.1, -0.05) is 18.1 Å². The maximum atomic E-state index is 13.0. The second kappa shape index (κ2) is 12.2. The van der Waals surface area contributed by atoms with Gasteiger partial charge in [0.25, 0.3) is 0 Å². The molecule has 1 saturated heterocycles. The van der Waals surface area contributed by atoms with Crippen LogP contribution in [0.5, 0.6) is 11.5 Å². The summed E-state index contributed by atoms with van der Waals surface area (Å²) in [6.07, 6.45) is 7.31. The highest BCUT2D eigenvalue weighted by molar-refractivity contribution is 5.98. The van der Waals surface area contributed by atoms with Gasteiger partial charge in [-0.05, 0) is 102 Å². The fraction of sp³-hybridized carbons (Fsp3) is 0.419. The minimum absolute atomic E-state index is 0.0705. The number of piperidine rings is 1. The third-order valence-electron chi connectivity index (χ3n) is 6.98. The van der Waals surface area contributed by atoms with Crippen molar-refractivity contribution in [2.75, 3.05) is 26.2 Å². The zero-order valence-corrected chi connectivity index (χ0v) is 22.1. The van der Waals surface area contributed by atoms with E-state index in [1.807, 2.05) is 39.0 Å². The molecule has 1 N–H and O–H groups in total. The van der Waals surface area contributed by atoms with Gasteiger partial charge in [0, 0.05) is 35.0 Å². The highest BCUT2D eigenvalue weighted by Crippen LogP contribution is 2.28. The number of allylic oxidation sites excluding steroid dienone is 2. The SMILES string of the molecule is CC(C)=CCc1cc(C(=O)Cc2cc3ccc(OCCCN4CCCCC4)c(C)c3oc2=O)ccc1O. The molecule has 196 valence electrons. The number of ketones is 1. The first kappa shape index (κ1) is 26.7. The van der Waals surface area contributed by atoms with Crippen LogP contribution in [0, 0.1) is 6.92 Å². The molecule has 0 bridgehead atoms. The van der Waals surface area contributed by atoms with Crippen LogP contribution < -0.4 is 10.4 Å². The number of fused-ring (bicyclic) bond motifs is 1. The Hall–Kier alpha value is -3.38. The summed E-state index contributed by atoms with van der Waals surface area (Å²) in [5.41, 5.74) is 3.33. The molecule has 4 rings (SSSR count). The molecule has 1 aliphatic heterocycles. The van der Waals surface area contributed by atoms with Crippen molar-refractivity contribution in [1.29, 1.82) is 0 Å². The summed E-state index contributed by atoms with van der Waals surface area (Å²) in [7, 11) is 0. The number of nitrogens with zero attached hydrogens (tertiary/aromatic N) is 1. The number of Topliss-reactive ketones (excluding diaryl/α,β-unsaturated/α-hetero) is 1. The molecule has 37 heavy (non-hydrogen) atoms. The Morgan fingerprint density at radius 1 is 1.08 bits per heavy atom. The van der Waals surface area contributed by atoms with E-state index in [0.717, 1.165) is 29.5 Å². The molecule has 1 aromatic heterocycles. The zero-order valence-electron chi connectivity index (χ0n) is 22.1. The number of aryl methyl sites for hydroxylation is 1. The van der Waals surface area contributed by atoms with E-state index in [2.05, 4.69) is 4.90 Å². The van der Waals surface area contributed by atoms with Crippen molar-refractivity contribution in [2.24, 2.45) is 0 Å². The molecule has 0 atom stereocenters. The van der Waals surface area contributed by atoms with Crippen LogP contribution in [0.2, 0.25) is 0 Å². The van der Waals surface area contributed by atoms with Crippen LogP contribution in [0.1, 0.15) is 66.6 Å². The van der Waals surface area contributed by atoms with Gasteiger partial charge >= 0.3 is 5.63 Å². The van der Waals surface area contributed by atoms with Gasteiger partial charge in [-0.2, -0.15) is 0 Å². The number of phenolic OH excluding ortho intramolecular Hbond substituents is 1. The summed E-state index contributed by atoms with van der Waals surface area (Å²) < 4.78 is 11.7. The van der Waals surface area contributed by atoms with E-state index >= 15 is 0 Å². The van der Waals surface area contributed by atoms with Crippen molar-refractivity contribution in [3.8, 4) is 11.5 Å². The number of ether oxygens (including phenoxy) is 1. The van der Waals surface area contributed by atoms with Crippen molar-refractivity contribution in [2.45, 2.75) is 59.3 Å². The van der Waals surface area contributed by atoms with Gasteiger partial charge in [-0.25, -0.2) is 4.79 Å². The number of hydrogen-bond donors (Lipinski definition) is 1. The van der Waals surface area contributed by atoms with Crippen molar-refractivity contribution >= 4 is 16.8 Å². The normalized spacial score (nSPS) is 14.0. The average molecular weight is 504 g/mol. The van der Waals surface area contributed by atoms with Crippen LogP contribution in [0.4, 0.5) is 0 Å². The summed E-state index contributed by atoms with van der Waals surface area (Å²) >= 11 is 0. The van der Waals surface area contributed by atoms with Crippen molar-refractivity contribution in [1.82, 2.24) is 4.90 Å². The summed E-state index contributed by atoms with van der Waals surface area (Å²) in [4.78, 5) is 28.3. The lowest BCUT2D eigenvalue weighted by Gasteiger charge is -2.26. The first-order valence-electron chi connectivity index (χ1n) is 13.2. The van der Waals surface area contributed by atoms with E-state index in [1.165, 1.54) is 38.4 Å². The lowest BCUT2D eigenvalue weighted by atomic mass is 9.99. The maximum absolute atomic E-state index is 13.0. The minimum Gasteiger partial charge on any atom is -0.508 e. The average Bonchev–Trinajstić information content (AvgIpc) is 2.88. The van der Waals surface area contributed by atoms with E-state index < -0.39 is 5.63 Å². The van der Waals surface area contributed by atoms with Crippen molar-refractivity contribution < 1.29 is 19.1 Å². The number of phenols is 1. The molecular weight excluding hydrogens is 466 g/mol. The van der Waals surface area contributed by atoms with Crippen LogP contribution in [0.3, 0.4) is 0 Å². The van der Waals surface area contributed by atoms with Gasteiger partial charge in [0.2, 0.25) is 0 Å². The third-order valence-corrected chi connectivity index (χ3v) is 6.98. The molecular formula is C31H37NO5. The molecule has 0 spiro atoms. The number of hydrogen-bond acceptors (Lipinski definition) is 6. The Bertz CT molecular complexity index is 1340. The van der Waals surface area contributed by atoms with Gasteiger partial charge < -0.3 is 19.2 Å². The van der Waals surface area contributed by atoms with Crippen LogP contribution >= 0.6 is 0 Å². The summed E-state index contributed by atoms with van der Waals surface area (Å²) in [5.74, 6) is 0.667. The van der Waals surface area contributed by atoms with Gasteiger partial charge in [0.05, 0.1) is 6.61 Å². The van der Waals surface area contributed by atoms with E-state index in [4.69, 9.17) is 9.15 Å². The van der Waals surface area contributed by atoms with E-state index in [0.29, 0.717) is 41.1 Å². The highest BCUT2D eigenvalue weighted by Gasteiger charge is 2.16. The molecule has 1 aliphatic rings. The Morgan fingerprint density at radius 3 is 2.62 bits per heavy atom. The van der Waals surface area contributed by atoms with Gasteiger partial charge in [0.15, 0.2) is 5.78 Å². The molecule has 6 heteroatoms. The van der Waals surface area contributed by atoms with Gasteiger partial charge in [-0.3, -0.25) is 4.79 Å². The molecule has 2 aromatic carbocycles. The maximum Gasteiger partial charge on any atom is 0.339 e. The van der Waals surface area contributed by atoms with Gasteiger partial charge in [0.1, 0.15) is 17.1 Å². The molecule has 1 fully saturated rings. The topological polar surface area (TPSA) is 80.0 Å². The molecule has 0 unspecified atom stereocenters. The summed E-state index contributed by atoms with van der Waals surface area (Å²) in [5, 5.41) is 10.9. The summed E-state index contributed by atoms with van der Waals surface area (Å²) in [6.45, 7) is 9.86. The van der Waals surface area contributed by atoms with Crippen LogP contribution in [0.25, 0.3) is 11.0 Å². The number of carbonyl (C=O) groups excluding carboxylic acids is 1. The Kier molecular flexibility index (Phi) is 8.82. The van der Waals surface area contributed by atoms with Crippen LogP contribution in [-0.4, -0.2) is 42.0 Å². The molecule has 0 radical (unpaired) electrons. The summed E-state index contributed by atoms with van der Waals surface area (Å²) in [6, 6.07) is 10.3. The molecule has 0 aliphatic carbocycles. The second-order valence-corrected chi connectivity index (χ2v) is 10.2. The lowest BCUT2D eigenvalue weighted by molar-refractivity contribution is 0.0992. The fourth-order valence-corrected chi connectivity index (χ4v) is 4.79. The molecule has 3 aromatic rings. The number of aromatic hydroxyl groups is 1. The lowest BCUT2D eigenvalue weighted by Crippen LogP contribution is -2.31. The molecule has 0 amide bonds. The largest absolute Gasteiger partial charge is 0.508 e.